The Hall–Kier alpha value is -1.37. The van der Waals surface area contributed by atoms with Crippen LogP contribution in [0.25, 0.3) is 10.9 Å². The van der Waals surface area contributed by atoms with Gasteiger partial charge in [-0.3, -0.25) is 4.98 Å². The number of hydrogen-bond donors (Lipinski definition) is 0. The summed E-state index contributed by atoms with van der Waals surface area (Å²) in [5.74, 6) is 0. The minimum absolute atomic E-state index is 1.10. The van der Waals surface area contributed by atoms with Crippen LogP contribution in [0.15, 0.2) is 36.5 Å². The normalized spacial score (nSPS) is 10.9. The van der Waals surface area contributed by atoms with E-state index in [0.717, 1.165) is 5.52 Å². The molecule has 2 rings (SSSR count). The summed E-state index contributed by atoms with van der Waals surface area (Å²) in [4.78, 5) is 4.34. The first-order valence-corrected chi connectivity index (χ1v) is 6.74. The Balaban J connectivity index is 1.90. The zero-order chi connectivity index (χ0) is 11.9. The third kappa shape index (κ3) is 3.55. The van der Waals surface area contributed by atoms with Gasteiger partial charge in [0.2, 0.25) is 0 Å². The lowest BCUT2D eigenvalue weighted by molar-refractivity contribution is 0.632. The van der Waals surface area contributed by atoms with Crippen molar-refractivity contribution in [3.8, 4) is 0 Å². The lowest BCUT2D eigenvalue weighted by atomic mass is 10.0. The van der Waals surface area contributed by atoms with E-state index >= 15 is 0 Å². The van der Waals surface area contributed by atoms with Crippen LogP contribution in [-0.2, 0) is 6.42 Å². The highest BCUT2D eigenvalue weighted by molar-refractivity contribution is 5.78. The molecule has 0 saturated heterocycles. The SMILES string of the molecule is CCCCCCCc1ccc2ncccc2c1. The molecule has 1 nitrogen and oxygen atoms in total. The molecule has 1 aromatic carbocycles. The molecular weight excluding hydrogens is 206 g/mol. The lowest BCUT2D eigenvalue weighted by Gasteiger charge is -2.03. The Morgan fingerprint density at radius 1 is 1.00 bits per heavy atom. The topological polar surface area (TPSA) is 12.9 Å². The quantitative estimate of drug-likeness (QED) is 0.649. The van der Waals surface area contributed by atoms with Gasteiger partial charge in [0.15, 0.2) is 0 Å². The lowest BCUT2D eigenvalue weighted by Crippen LogP contribution is -1.87. The highest BCUT2D eigenvalue weighted by atomic mass is 14.6. The summed E-state index contributed by atoms with van der Waals surface area (Å²) in [5.41, 5.74) is 2.55. The summed E-state index contributed by atoms with van der Waals surface area (Å²) in [6, 6.07) is 10.8. The van der Waals surface area contributed by atoms with Crippen LogP contribution in [0, 0.1) is 0 Å². The van der Waals surface area contributed by atoms with Crippen molar-refractivity contribution in [2.45, 2.75) is 45.4 Å². The largest absolute Gasteiger partial charge is 0.256 e. The van der Waals surface area contributed by atoms with E-state index in [1.807, 2.05) is 12.3 Å². The van der Waals surface area contributed by atoms with Gasteiger partial charge in [-0.2, -0.15) is 0 Å². The first-order chi connectivity index (χ1) is 8.40. The van der Waals surface area contributed by atoms with Crippen LogP contribution in [0.1, 0.15) is 44.6 Å². The molecule has 0 aliphatic rings. The van der Waals surface area contributed by atoms with Crippen molar-refractivity contribution in [3.63, 3.8) is 0 Å². The van der Waals surface area contributed by atoms with E-state index in [0.29, 0.717) is 0 Å². The molecule has 0 N–H and O–H groups in total. The van der Waals surface area contributed by atoms with Gasteiger partial charge < -0.3 is 0 Å². The standard InChI is InChI=1S/C16H21N/c1-2-3-4-5-6-8-14-10-11-16-15(13-14)9-7-12-17-16/h7,9-13H,2-6,8H2,1H3. The molecule has 0 unspecified atom stereocenters. The molecule has 0 bridgehead atoms. The van der Waals surface area contributed by atoms with Crippen molar-refractivity contribution < 1.29 is 0 Å². The molecule has 1 aromatic heterocycles. The molecule has 0 radical (unpaired) electrons. The summed E-state index contributed by atoms with van der Waals surface area (Å²) in [7, 11) is 0. The van der Waals surface area contributed by atoms with Gasteiger partial charge in [0.1, 0.15) is 0 Å². The molecule has 1 heteroatoms. The van der Waals surface area contributed by atoms with Crippen LogP contribution < -0.4 is 0 Å². The van der Waals surface area contributed by atoms with E-state index < -0.39 is 0 Å². The Morgan fingerprint density at radius 2 is 1.88 bits per heavy atom. The molecule has 0 aliphatic carbocycles. The Bertz CT molecular complexity index is 462. The van der Waals surface area contributed by atoms with Gasteiger partial charge in [0, 0.05) is 11.6 Å². The Labute approximate surface area is 104 Å². The van der Waals surface area contributed by atoms with E-state index in [1.165, 1.54) is 49.5 Å². The number of hydrogen-bond acceptors (Lipinski definition) is 1. The number of benzene rings is 1. The summed E-state index contributed by atoms with van der Waals surface area (Å²) in [6.07, 6.45) is 9.81. The minimum Gasteiger partial charge on any atom is -0.256 e. The first-order valence-electron chi connectivity index (χ1n) is 6.74. The van der Waals surface area contributed by atoms with Crippen molar-refractivity contribution in [2.75, 3.05) is 0 Å². The summed E-state index contributed by atoms with van der Waals surface area (Å²) >= 11 is 0. The van der Waals surface area contributed by atoms with Crippen LogP contribution in [-0.4, -0.2) is 4.98 Å². The monoisotopic (exact) mass is 227 g/mol. The van der Waals surface area contributed by atoms with Crippen molar-refractivity contribution >= 4 is 10.9 Å². The maximum atomic E-state index is 4.34. The zero-order valence-corrected chi connectivity index (χ0v) is 10.7. The number of rotatable bonds is 6. The molecular formula is C16H21N. The molecule has 0 amide bonds. The molecule has 0 atom stereocenters. The fourth-order valence-electron chi connectivity index (χ4n) is 2.21. The van der Waals surface area contributed by atoms with Crippen LogP contribution in [0.3, 0.4) is 0 Å². The van der Waals surface area contributed by atoms with E-state index in [9.17, 15) is 0 Å². The summed E-state index contributed by atoms with van der Waals surface area (Å²) < 4.78 is 0. The Kier molecular flexibility index (Phi) is 4.54. The molecule has 90 valence electrons. The first kappa shape index (κ1) is 12.1. The fourth-order valence-corrected chi connectivity index (χ4v) is 2.21. The Morgan fingerprint density at radius 3 is 2.76 bits per heavy atom. The van der Waals surface area contributed by atoms with E-state index in [2.05, 4.69) is 36.2 Å². The number of pyridine rings is 1. The number of aryl methyl sites for hydroxylation is 1. The number of fused-ring (bicyclic) bond motifs is 1. The maximum Gasteiger partial charge on any atom is 0.0702 e. The van der Waals surface area contributed by atoms with Crippen molar-refractivity contribution in [3.05, 3.63) is 42.1 Å². The molecule has 0 spiro atoms. The number of nitrogens with zero attached hydrogens (tertiary/aromatic N) is 1. The smallest absolute Gasteiger partial charge is 0.0702 e. The molecule has 0 saturated carbocycles. The van der Waals surface area contributed by atoms with E-state index in [-0.39, 0.29) is 0 Å². The second-order valence-corrected chi connectivity index (χ2v) is 4.69. The average Bonchev–Trinajstić information content (AvgIpc) is 2.38. The van der Waals surface area contributed by atoms with Gasteiger partial charge >= 0.3 is 0 Å². The van der Waals surface area contributed by atoms with Crippen LogP contribution in [0.5, 0.6) is 0 Å². The highest BCUT2D eigenvalue weighted by Crippen LogP contribution is 2.15. The number of unbranched alkanes of at least 4 members (excludes halogenated alkanes) is 4. The zero-order valence-electron chi connectivity index (χ0n) is 10.7. The molecule has 0 aliphatic heterocycles. The van der Waals surface area contributed by atoms with Gasteiger partial charge in [-0.15, -0.1) is 0 Å². The van der Waals surface area contributed by atoms with Gasteiger partial charge in [-0.05, 0) is 36.6 Å². The number of aromatic nitrogens is 1. The maximum absolute atomic E-state index is 4.34. The van der Waals surface area contributed by atoms with Gasteiger partial charge in [0.25, 0.3) is 0 Å². The second kappa shape index (κ2) is 6.39. The van der Waals surface area contributed by atoms with Crippen LogP contribution in [0.2, 0.25) is 0 Å². The summed E-state index contributed by atoms with van der Waals surface area (Å²) in [6.45, 7) is 2.26. The predicted octanol–water partition coefficient (Wildman–Crippen LogP) is 4.75. The van der Waals surface area contributed by atoms with Crippen LogP contribution in [0.4, 0.5) is 0 Å². The summed E-state index contributed by atoms with van der Waals surface area (Å²) in [5, 5.41) is 1.26. The molecule has 17 heavy (non-hydrogen) atoms. The van der Waals surface area contributed by atoms with Crippen molar-refractivity contribution in [1.29, 1.82) is 0 Å². The second-order valence-electron chi connectivity index (χ2n) is 4.69. The van der Waals surface area contributed by atoms with Gasteiger partial charge in [0.05, 0.1) is 5.52 Å². The highest BCUT2D eigenvalue weighted by Gasteiger charge is 1.97. The third-order valence-electron chi connectivity index (χ3n) is 3.24. The van der Waals surface area contributed by atoms with Crippen molar-refractivity contribution in [1.82, 2.24) is 4.98 Å². The average molecular weight is 227 g/mol. The molecule has 2 aromatic rings. The third-order valence-corrected chi connectivity index (χ3v) is 3.24. The molecule has 0 fully saturated rings. The van der Waals surface area contributed by atoms with Gasteiger partial charge in [-0.25, -0.2) is 0 Å². The van der Waals surface area contributed by atoms with Crippen LogP contribution >= 0.6 is 0 Å². The van der Waals surface area contributed by atoms with E-state index in [4.69, 9.17) is 0 Å². The van der Waals surface area contributed by atoms with Gasteiger partial charge in [-0.1, -0.05) is 44.7 Å². The predicted molar refractivity (Wildman–Crippen MR) is 74.2 cm³/mol. The minimum atomic E-state index is 1.10. The fraction of sp³-hybridized carbons (Fsp3) is 0.438. The van der Waals surface area contributed by atoms with E-state index in [1.54, 1.807) is 0 Å². The van der Waals surface area contributed by atoms with Crippen molar-refractivity contribution in [2.24, 2.45) is 0 Å². The molecule has 1 heterocycles.